The molecular weight excluding hydrogens is 231 g/mol. The molecule has 0 unspecified atom stereocenters. The second kappa shape index (κ2) is 4.59. The first-order valence-electron chi connectivity index (χ1n) is 4.71. The fraction of sp³-hybridized carbons (Fsp3) is 0.200. The molecule has 0 saturated carbocycles. The molecule has 1 aromatic heterocycles. The number of benzene rings is 1. The highest BCUT2D eigenvalue weighted by Crippen LogP contribution is 2.18. The van der Waals surface area contributed by atoms with Crippen molar-refractivity contribution in [3.8, 4) is 0 Å². The SMILES string of the molecule is NCc1ncnn1Cc1ccc(F)cc1Cl. The number of rotatable bonds is 3. The Balaban J connectivity index is 2.27. The van der Waals surface area contributed by atoms with E-state index in [2.05, 4.69) is 10.1 Å². The summed E-state index contributed by atoms with van der Waals surface area (Å²) < 4.78 is 14.5. The first kappa shape index (κ1) is 11.0. The highest BCUT2D eigenvalue weighted by atomic mass is 35.5. The minimum atomic E-state index is -0.355. The van der Waals surface area contributed by atoms with Crippen LogP contribution in [0, 0.1) is 5.82 Å². The number of nitrogens with zero attached hydrogens (tertiary/aromatic N) is 3. The van der Waals surface area contributed by atoms with Gasteiger partial charge in [0.05, 0.1) is 13.1 Å². The lowest BCUT2D eigenvalue weighted by atomic mass is 10.2. The van der Waals surface area contributed by atoms with Gasteiger partial charge in [0.25, 0.3) is 0 Å². The largest absolute Gasteiger partial charge is 0.324 e. The molecule has 0 atom stereocenters. The van der Waals surface area contributed by atoms with Gasteiger partial charge in [0.2, 0.25) is 0 Å². The third-order valence-electron chi connectivity index (χ3n) is 2.21. The summed E-state index contributed by atoms with van der Waals surface area (Å²) in [5, 5.41) is 4.39. The molecule has 0 aliphatic heterocycles. The second-order valence-electron chi connectivity index (χ2n) is 3.27. The van der Waals surface area contributed by atoms with E-state index in [0.29, 0.717) is 23.9 Å². The first-order chi connectivity index (χ1) is 7.70. The van der Waals surface area contributed by atoms with Crippen LogP contribution in [0.15, 0.2) is 24.5 Å². The predicted molar refractivity (Wildman–Crippen MR) is 58.4 cm³/mol. The maximum absolute atomic E-state index is 12.8. The summed E-state index contributed by atoms with van der Waals surface area (Å²) in [6.45, 7) is 0.741. The summed E-state index contributed by atoms with van der Waals surface area (Å²) in [6, 6.07) is 4.26. The number of hydrogen-bond acceptors (Lipinski definition) is 3. The number of halogens is 2. The minimum absolute atomic E-state index is 0.304. The molecule has 0 radical (unpaired) electrons. The van der Waals surface area contributed by atoms with E-state index in [9.17, 15) is 4.39 Å². The van der Waals surface area contributed by atoms with Gasteiger partial charge in [-0.05, 0) is 17.7 Å². The standard InChI is InChI=1S/C10H10ClFN4/c11-9-3-8(12)2-1-7(9)5-16-10(4-13)14-6-15-16/h1-3,6H,4-5,13H2. The van der Waals surface area contributed by atoms with Crippen LogP contribution >= 0.6 is 11.6 Å². The van der Waals surface area contributed by atoms with E-state index in [1.807, 2.05) is 0 Å². The van der Waals surface area contributed by atoms with Crippen LogP contribution in [0.5, 0.6) is 0 Å². The molecule has 0 spiro atoms. The van der Waals surface area contributed by atoms with E-state index in [1.54, 1.807) is 10.7 Å². The van der Waals surface area contributed by atoms with Crippen LogP contribution in [-0.2, 0) is 13.1 Å². The van der Waals surface area contributed by atoms with Crippen LogP contribution in [-0.4, -0.2) is 14.8 Å². The molecule has 0 aliphatic rings. The normalized spacial score (nSPS) is 10.7. The van der Waals surface area contributed by atoms with E-state index >= 15 is 0 Å². The molecule has 0 saturated heterocycles. The van der Waals surface area contributed by atoms with Gasteiger partial charge in [-0.1, -0.05) is 17.7 Å². The van der Waals surface area contributed by atoms with Gasteiger partial charge >= 0.3 is 0 Å². The molecule has 84 valence electrons. The summed E-state index contributed by atoms with van der Waals surface area (Å²) in [6.07, 6.45) is 1.43. The Labute approximate surface area is 96.9 Å². The van der Waals surface area contributed by atoms with Gasteiger partial charge in [0.15, 0.2) is 0 Å². The highest BCUT2D eigenvalue weighted by molar-refractivity contribution is 6.31. The molecule has 4 nitrogen and oxygen atoms in total. The zero-order valence-electron chi connectivity index (χ0n) is 8.40. The summed E-state index contributed by atoms with van der Waals surface area (Å²) in [5.41, 5.74) is 6.28. The van der Waals surface area contributed by atoms with Gasteiger partial charge in [-0.2, -0.15) is 5.10 Å². The van der Waals surface area contributed by atoms with Crippen LogP contribution in [0.1, 0.15) is 11.4 Å². The topological polar surface area (TPSA) is 56.7 Å². The third kappa shape index (κ3) is 2.20. The molecule has 1 aromatic carbocycles. The van der Waals surface area contributed by atoms with Crippen LogP contribution in [0.4, 0.5) is 4.39 Å². The number of aromatic nitrogens is 3. The van der Waals surface area contributed by atoms with Crippen molar-refractivity contribution in [2.75, 3.05) is 0 Å². The van der Waals surface area contributed by atoms with Crippen molar-refractivity contribution in [2.45, 2.75) is 13.1 Å². The molecule has 16 heavy (non-hydrogen) atoms. The molecule has 0 fully saturated rings. The van der Waals surface area contributed by atoms with Crippen molar-refractivity contribution in [3.05, 3.63) is 46.8 Å². The summed E-state index contributed by atoms with van der Waals surface area (Å²) >= 11 is 5.91. The fourth-order valence-electron chi connectivity index (χ4n) is 1.39. The van der Waals surface area contributed by atoms with Crippen molar-refractivity contribution < 1.29 is 4.39 Å². The minimum Gasteiger partial charge on any atom is -0.324 e. The van der Waals surface area contributed by atoms with E-state index in [-0.39, 0.29) is 5.82 Å². The lowest BCUT2D eigenvalue weighted by Gasteiger charge is -2.06. The molecular formula is C10H10ClFN4. The van der Waals surface area contributed by atoms with Crippen molar-refractivity contribution >= 4 is 11.6 Å². The number of hydrogen-bond donors (Lipinski definition) is 1. The third-order valence-corrected chi connectivity index (χ3v) is 2.57. The van der Waals surface area contributed by atoms with E-state index in [0.717, 1.165) is 5.56 Å². The van der Waals surface area contributed by atoms with Crippen molar-refractivity contribution in [2.24, 2.45) is 5.73 Å². The molecule has 0 bridgehead atoms. The fourth-order valence-corrected chi connectivity index (χ4v) is 1.62. The van der Waals surface area contributed by atoms with E-state index in [4.69, 9.17) is 17.3 Å². The molecule has 6 heteroatoms. The van der Waals surface area contributed by atoms with Crippen molar-refractivity contribution in [1.82, 2.24) is 14.8 Å². The second-order valence-corrected chi connectivity index (χ2v) is 3.68. The quantitative estimate of drug-likeness (QED) is 0.886. The molecule has 0 aliphatic carbocycles. The number of nitrogens with two attached hydrogens (primary N) is 1. The zero-order chi connectivity index (χ0) is 11.5. The Morgan fingerprint density at radius 2 is 2.25 bits per heavy atom. The van der Waals surface area contributed by atoms with Crippen LogP contribution in [0.3, 0.4) is 0 Å². The maximum atomic E-state index is 12.8. The summed E-state index contributed by atoms with van der Waals surface area (Å²) in [4.78, 5) is 3.99. The Hall–Kier alpha value is -1.46. The van der Waals surface area contributed by atoms with E-state index < -0.39 is 0 Å². The summed E-state index contributed by atoms with van der Waals surface area (Å²) in [5.74, 6) is 0.312. The smallest absolute Gasteiger partial charge is 0.140 e. The molecule has 1 heterocycles. The van der Waals surface area contributed by atoms with Crippen LogP contribution in [0.25, 0.3) is 0 Å². The van der Waals surface area contributed by atoms with Crippen molar-refractivity contribution in [3.63, 3.8) is 0 Å². The van der Waals surface area contributed by atoms with Gasteiger partial charge < -0.3 is 5.73 Å². The van der Waals surface area contributed by atoms with Crippen LogP contribution < -0.4 is 5.73 Å². The lowest BCUT2D eigenvalue weighted by molar-refractivity contribution is 0.619. The Morgan fingerprint density at radius 1 is 1.44 bits per heavy atom. The highest BCUT2D eigenvalue weighted by Gasteiger charge is 2.06. The molecule has 2 rings (SSSR count). The average Bonchev–Trinajstić information content (AvgIpc) is 2.69. The Kier molecular flexibility index (Phi) is 3.17. The molecule has 2 N–H and O–H groups in total. The predicted octanol–water partition coefficient (Wildman–Crippen LogP) is 1.58. The van der Waals surface area contributed by atoms with E-state index in [1.165, 1.54) is 18.5 Å². The van der Waals surface area contributed by atoms with Crippen molar-refractivity contribution in [1.29, 1.82) is 0 Å². The van der Waals surface area contributed by atoms with Gasteiger partial charge in [0.1, 0.15) is 18.0 Å². The van der Waals surface area contributed by atoms with Crippen LogP contribution in [0.2, 0.25) is 5.02 Å². The van der Waals surface area contributed by atoms with Gasteiger partial charge in [0, 0.05) is 5.02 Å². The summed E-state index contributed by atoms with van der Waals surface area (Å²) in [7, 11) is 0. The zero-order valence-corrected chi connectivity index (χ0v) is 9.15. The van der Waals surface area contributed by atoms with Gasteiger partial charge in [-0.15, -0.1) is 0 Å². The Morgan fingerprint density at radius 3 is 2.94 bits per heavy atom. The van der Waals surface area contributed by atoms with Gasteiger partial charge in [-0.3, -0.25) is 0 Å². The lowest BCUT2D eigenvalue weighted by Crippen LogP contribution is -2.11. The first-order valence-corrected chi connectivity index (χ1v) is 5.09. The maximum Gasteiger partial charge on any atom is 0.140 e. The monoisotopic (exact) mass is 240 g/mol. The Bertz CT molecular complexity index is 497. The molecule has 2 aromatic rings. The molecule has 0 amide bonds. The van der Waals surface area contributed by atoms with Gasteiger partial charge in [-0.25, -0.2) is 14.1 Å². The average molecular weight is 241 g/mol.